The van der Waals surface area contributed by atoms with E-state index >= 15 is 0 Å². The van der Waals surface area contributed by atoms with Crippen molar-refractivity contribution >= 4 is 43.6 Å². The Bertz CT molecular complexity index is 909. The summed E-state index contributed by atoms with van der Waals surface area (Å²) in [4.78, 5) is 12.3. The number of ether oxygens (including phenoxy) is 1. The lowest BCUT2D eigenvalue weighted by Gasteiger charge is -2.11. The number of benzene rings is 2. The topological polar surface area (TPSA) is 84.5 Å². The van der Waals surface area contributed by atoms with E-state index in [1.807, 2.05) is 12.1 Å². The van der Waals surface area contributed by atoms with Crippen LogP contribution in [0, 0.1) is 0 Å². The number of carbonyl (C=O) groups excluding carboxylic acids is 1. The van der Waals surface area contributed by atoms with E-state index < -0.39 is 10.0 Å². The molecule has 0 aliphatic heterocycles. The van der Waals surface area contributed by atoms with Crippen LogP contribution in [0.25, 0.3) is 6.08 Å². The molecule has 0 atom stereocenters. The Kier molecular flexibility index (Phi) is 7.10. The van der Waals surface area contributed by atoms with Crippen molar-refractivity contribution in [3.63, 3.8) is 0 Å². The predicted molar refractivity (Wildman–Crippen MR) is 105 cm³/mol. The molecule has 0 bridgehead atoms. The third kappa shape index (κ3) is 5.25. The quantitative estimate of drug-likeness (QED) is 0.650. The number of anilines is 1. The number of nitrogens with one attached hydrogen (secondary N) is 2. The highest BCUT2D eigenvalue weighted by Crippen LogP contribution is 2.25. The highest BCUT2D eigenvalue weighted by Gasteiger charge is 2.10. The van der Waals surface area contributed by atoms with Gasteiger partial charge >= 0.3 is 0 Å². The summed E-state index contributed by atoms with van der Waals surface area (Å²) in [7, 11) is -0.530. The summed E-state index contributed by atoms with van der Waals surface area (Å²) in [5.74, 6) is -0.299. The first-order valence-electron chi connectivity index (χ1n) is 7.66. The normalized spacial score (nSPS) is 11.7. The molecule has 0 spiro atoms. The van der Waals surface area contributed by atoms with Crippen molar-refractivity contribution in [2.24, 2.45) is 0 Å². The lowest BCUT2D eigenvalue weighted by molar-refractivity contribution is -0.111. The summed E-state index contributed by atoms with van der Waals surface area (Å²) < 4.78 is 31.6. The number of methoxy groups -OCH3 is 1. The zero-order chi connectivity index (χ0) is 19.2. The Morgan fingerprint density at radius 2 is 1.88 bits per heavy atom. The Balaban J connectivity index is 2.10. The van der Waals surface area contributed by atoms with Gasteiger partial charge in [-0.25, -0.2) is 13.1 Å². The van der Waals surface area contributed by atoms with Gasteiger partial charge in [-0.05, 0) is 43.0 Å². The van der Waals surface area contributed by atoms with Crippen molar-refractivity contribution in [1.82, 2.24) is 4.72 Å². The molecule has 2 aromatic carbocycles. The van der Waals surface area contributed by atoms with Crippen LogP contribution in [0.4, 0.5) is 5.69 Å². The zero-order valence-electron chi connectivity index (χ0n) is 14.3. The molecule has 6 nitrogen and oxygen atoms in total. The summed E-state index contributed by atoms with van der Waals surface area (Å²) in [5, 5.41) is 2.81. The summed E-state index contributed by atoms with van der Waals surface area (Å²) >= 11 is 3.44. The Hall–Kier alpha value is -2.00. The Labute approximate surface area is 161 Å². The minimum atomic E-state index is -3.47. The number of sulfonamides is 1. The summed E-state index contributed by atoms with van der Waals surface area (Å²) in [6.07, 6.45) is 3.00. The van der Waals surface area contributed by atoms with Gasteiger partial charge in [0, 0.05) is 28.9 Å². The second kappa shape index (κ2) is 9.09. The molecule has 2 aromatic rings. The van der Waals surface area contributed by atoms with E-state index in [1.54, 1.807) is 31.4 Å². The fraction of sp³-hybridized carbons (Fsp3) is 0.167. The van der Waals surface area contributed by atoms with E-state index in [2.05, 4.69) is 26.0 Å². The smallest absolute Gasteiger partial charge is 0.248 e. The summed E-state index contributed by atoms with van der Waals surface area (Å²) in [6.45, 7) is 0.363. The molecule has 0 heterocycles. The number of halogens is 1. The molecule has 0 aromatic heterocycles. The second-order valence-electron chi connectivity index (χ2n) is 5.30. The predicted octanol–water partition coefficient (Wildman–Crippen LogP) is 3.16. The molecule has 0 saturated heterocycles. The molecule has 2 N–H and O–H groups in total. The monoisotopic (exact) mass is 438 g/mol. The van der Waals surface area contributed by atoms with E-state index in [0.29, 0.717) is 17.9 Å². The van der Waals surface area contributed by atoms with Gasteiger partial charge < -0.3 is 10.1 Å². The van der Waals surface area contributed by atoms with Crippen molar-refractivity contribution in [1.29, 1.82) is 0 Å². The van der Waals surface area contributed by atoms with E-state index in [1.165, 1.54) is 25.3 Å². The van der Waals surface area contributed by atoms with Gasteiger partial charge in [0.2, 0.25) is 15.9 Å². The second-order valence-corrected chi connectivity index (χ2v) is 8.04. The molecule has 0 fully saturated rings. The van der Waals surface area contributed by atoms with Gasteiger partial charge in [-0.2, -0.15) is 0 Å². The third-order valence-electron chi connectivity index (χ3n) is 3.55. The maximum atomic E-state index is 12.2. The number of amides is 1. The Morgan fingerprint density at radius 1 is 1.19 bits per heavy atom. The summed E-state index contributed by atoms with van der Waals surface area (Å²) in [6, 6.07) is 11.7. The van der Waals surface area contributed by atoms with Crippen molar-refractivity contribution in [2.75, 3.05) is 19.5 Å². The molecule has 0 radical (unpaired) electrons. The van der Waals surface area contributed by atoms with Crippen LogP contribution in [-0.4, -0.2) is 28.5 Å². The first-order chi connectivity index (χ1) is 12.4. The molecule has 138 valence electrons. The molecular formula is C18H19BrN2O4S. The molecule has 2 rings (SSSR count). The highest BCUT2D eigenvalue weighted by molar-refractivity contribution is 9.10. The largest absolute Gasteiger partial charge is 0.380 e. The number of hydrogen-bond acceptors (Lipinski definition) is 4. The molecule has 0 aliphatic rings. The molecule has 0 unspecified atom stereocenters. The highest BCUT2D eigenvalue weighted by atomic mass is 79.9. The van der Waals surface area contributed by atoms with Crippen molar-refractivity contribution in [3.8, 4) is 0 Å². The molecule has 26 heavy (non-hydrogen) atoms. The van der Waals surface area contributed by atoms with Gasteiger partial charge in [0.1, 0.15) is 0 Å². The lowest BCUT2D eigenvalue weighted by atomic mass is 10.2. The average Bonchev–Trinajstić information content (AvgIpc) is 2.63. The average molecular weight is 439 g/mol. The van der Waals surface area contributed by atoms with Crippen LogP contribution in [0.5, 0.6) is 0 Å². The van der Waals surface area contributed by atoms with Gasteiger partial charge in [0.15, 0.2) is 0 Å². The van der Waals surface area contributed by atoms with Gasteiger partial charge in [0.05, 0.1) is 11.5 Å². The van der Waals surface area contributed by atoms with E-state index in [-0.39, 0.29) is 10.8 Å². The standard InChI is InChI=1S/C18H19BrN2O4S/c1-20-26(23,24)14-9-6-13(7-10-14)8-11-18(22)21-17-5-3-4-16(19)15(17)12-25-2/h3-11,20H,12H2,1-2H3,(H,21,22)/b11-8+. The van der Waals surface area contributed by atoms with E-state index in [0.717, 1.165) is 10.0 Å². The van der Waals surface area contributed by atoms with Crippen molar-refractivity contribution < 1.29 is 17.9 Å². The zero-order valence-corrected chi connectivity index (χ0v) is 16.7. The van der Waals surface area contributed by atoms with Crippen LogP contribution in [-0.2, 0) is 26.2 Å². The molecular weight excluding hydrogens is 420 g/mol. The Morgan fingerprint density at radius 3 is 2.50 bits per heavy atom. The van der Waals surface area contributed by atoms with E-state index in [9.17, 15) is 13.2 Å². The molecule has 0 aliphatic carbocycles. The number of hydrogen-bond donors (Lipinski definition) is 2. The van der Waals surface area contributed by atoms with Crippen LogP contribution in [0.3, 0.4) is 0 Å². The SMILES string of the molecule is CNS(=O)(=O)c1ccc(/C=C/C(=O)Nc2cccc(Br)c2COC)cc1. The van der Waals surface area contributed by atoms with Crippen molar-refractivity contribution in [2.45, 2.75) is 11.5 Å². The van der Waals surface area contributed by atoms with Crippen LogP contribution in [0.1, 0.15) is 11.1 Å². The third-order valence-corrected chi connectivity index (χ3v) is 5.72. The minimum Gasteiger partial charge on any atom is -0.380 e. The van der Waals surface area contributed by atoms with Crippen LogP contribution in [0.2, 0.25) is 0 Å². The van der Waals surface area contributed by atoms with E-state index in [4.69, 9.17) is 4.74 Å². The maximum absolute atomic E-state index is 12.2. The number of rotatable bonds is 7. The van der Waals surface area contributed by atoms with Crippen LogP contribution in [0.15, 0.2) is 57.9 Å². The van der Waals surface area contributed by atoms with Crippen LogP contribution >= 0.6 is 15.9 Å². The lowest BCUT2D eigenvalue weighted by Crippen LogP contribution is -2.18. The fourth-order valence-corrected chi connectivity index (χ4v) is 3.40. The van der Waals surface area contributed by atoms with Crippen LogP contribution < -0.4 is 10.0 Å². The molecule has 1 amide bonds. The van der Waals surface area contributed by atoms with Gasteiger partial charge in [-0.3, -0.25) is 4.79 Å². The fourth-order valence-electron chi connectivity index (χ4n) is 2.19. The van der Waals surface area contributed by atoms with Gasteiger partial charge in [0.25, 0.3) is 0 Å². The van der Waals surface area contributed by atoms with Gasteiger partial charge in [-0.1, -0.05) is 34.1 Å². The van der Waals surface area contributed by atoms with Gasteiger partial charge in [-0.15, -0.1) is 0 Å². The van der Waals surface area contributed by atoms with Crippen molar-refractivity contribution in [3.05, 3.63) is 64.1 Å². The maximum Gasteiger partial charge on any atom is 0.248 e. The first-order valence-corrected chi connectivity index (χ1v) is 9.94. The molecule has 0 saturated carbocycles. The summed E-state index contributed by atoms with van der Waals surface area (Å²) in [5.41, 5.74) is 2.21. The number of carbonyl (C=O) groups is 1. The molecule has 8 heteroatoms. The minimum absolute atomic E-state index is 0.167. The first kappa shape index (κ1) is 20.3.